The molecule has 0 radical (unpaired) electrons. The first-order valence-corrected chi connectivity index (χ1v) is 6.82. The van der Waals surface area contributed by atoms with Crippen LogP contribution in [0.1, 0.15) is 17.7 Å². The Bertz CT molecular complexity index is 753. The smallest absolute Gasteiger partial charge is 0.407 e. The molecule has 21 heavy (non-hydrogen) atoms. The largest absolute Gasteiger partial charge is 0.507 e. The second-order valence-corrected chi connectivity index (χ2v) is 5.22. The molecule has 0 atom stereocenters. The molecule has 2 N–H and O–H groups in total. The number of nitrogens with zero attached hydrogens (tertiary/aromatic N) is 2. The van der Waals surface area contributed by atoms with Crippen LogP contribution in [0.3, 0.4) is 0 Å². The SMILES string of the molecule is Cc1cc(O)c2cc(C3=CCN(C(=O)O)CC3)ccc2n1. The number of benzene rings is 1. The Labute approximate surface area is 122 Å². The monoisotopic (exact) mass is 284 g/mol. The van der Waals surface area contributed by atoms with Gasteiger partial charge in [-0.05, 0) is 36.6 Å². The molecule has 0 fully saturated rings. The van der Waals surface area contributed by atoms with Crippen molar-refractivity contribution >= 4 is 22.6 Å². The summed E-state index contributed by atoms with van der Waals surface area (Å²) in [6, 6.07) is 7.42. The number of hydrogen-bond acceptors (Lipinski definition) is 3. The summed E-state index contributed by atoms with van der Waals surface area (Å²) >= 11 is 0. The minimum absolute atomic E-state index is 0.225. The standard InChI is InChI=1S/C16H16N2O3/c1-10-8-15(19)13-9-12(2-3-14(13)17-10)11-4-6-18(7-5-11)16(20)21/h2-4,8-9H,5-7H2,1H3,(H,17,19)(H,20,21). The van der Waals surface area contributed by atoms with Crippen molar-refractivity contribution in [2.45, 2.75) is 13.3 Å². The molecule has 108 valence electrons. The van der Waals surface area contributed by atoms with Crippen molar-refractivity contribution < 1.29 is 15.0 Å². The van der Waals surface area contributed by atoms with Crippen LogP contribution in [0, 0.1) is 6.92 Å². The molecule has 0 unspecified atom stereocenters. The zero-order valence-corrected chi connectivity index (χ0v) is 11.7. The summed E-state index contributed by atoms with van der Waals surface area (Å²) in [6.45, 7) is 2.75. The number of pyridine rings is 1. The average Bonchev–Trinajstić information content (AvgIpc) is 2.47. The predicted molar refractivity (Wildman–Crippen MR) is 80.3 cm³/mol. The third kappa shape index (κ3) is 2.54. The highest BCUT2D eigenvalue weighted by molar-refractivity contribution is 5.88. The second kappa shape index (κ2) is 5.09. The zero-order chi connectivity index (χ0) is 15.0. The van der Waals surface area contributed by atoms with Crippen LogP contribution in [-0.2, 0) is 0 Å². The van der Waals surface area contributed by atoms with Gasteiger partial charge in [-0.2, -0.15) is 0 Å². The van der Waals surface area contributed by atoms with Crippen molar-refractivity contribution in [3.63, 3.8) is 0 Å². The van der Waals surface area contributed by atoms with Gasteiger partial charge in [0.05, 0.1) is 5.52 Å². The van der Waals surface area contributed by atoms with Crippen LogP contribution in [0.15, 0.2) is 30.3 Å². The molecule has 1 amide bonds. The number of hydrogen-bond donors (Lipinski definition) is 2. The van der Waals surface area contributed by atoms with Crippen molar-refractivity contribution in [1.82, 2.24) is 9.88 Å². The maximum atomic E-state index is 10.9. The van der Waals surface area contributed by atoms with E-state index >= 15 is 0 Å². The topological polar surface area (TPSA) is 73.7 Å². The fraction of sp³-hybridized carbons (Fsp3) is 0.250. The van der Waals surface area contributed by atoms with E-state index in [1.165, 1.54) is 4.90 Å². The summed E-state index contributed by atoms with van der Waals surface area (Å²) in [5.41, 5.74) is 3.66. The third-order valence-electron chi connectivity index (χ3n) is 3.77. The van der Waals surface area contributed by atoms with Crippen molar-refractivity contribution in [2.75, 3.05) is 13.1 Å². The van der Waals surface area contributed by atoms with E-state index in [0.29, 0.717) is 19.5 Å². The van der Waals surface area contributed by atoms with Gasteiger partial charge in [-0.1, -0.05) is 12.1 Å². The van der Waals surface area contributed by atoms with E-state index in [9.17, 15) is 9.90 Å². The van der Waals surface area contributed by atoms with Crippen molar-refractivity contribution in [3.05, 3.63) is 41.6 Å². The van der Waals surface area contributed by atoms with Gasteiger partial charge in [-0.3, -0.25) is 4.98 Å². The molecule has 1 aliphatic heterocycles. The van der Waals surface area contributed by atoms with Crippen molar-refractivity contribution in [1.29, 1.82) is 0 Å². The Balaban J connectivity index is 1.97. The van der Waals surface area contributed by atoms with Crippen LogP contribution >= 0.6 is 0 Å². The summed E-state index contributed by atoms with van der Waals surface area (Å²) in [7, 11) is 0. The highest BCUT2D eigenvalue weighted by Crippen LogP contribution is 2.29. The summed E-state index contributed by atoms with van der Waals surface area (Å²) in [6.07, 6.45) is 1.72. The molecular formula is C16H16N2O3. The molecule has 0 aliphatic carbocycles. The Morgan fingerprint density at radius 3 is 2.81 bits per heavy atom. The molecule has 2 heterocycles. The molecule has 1 aromatic carbocycles. The Kier molecular flexibility index (Phi) is 3.25. The summed E-state index contributed by atoms with van der Waals surface area (Å²) in [5.74, 6) is 0.225. The quantitative estimate of drug-likeness (QED) is 0.844. The van der Waals surface area contributed by atoms with Gasteiger partial charge in [0, 0.05) is 30.2 Å². The normalized spacial score (nSPS) is 15.1. The number of carboxylic acid groups (broad SMARTS) is 1. The highest BCUT2D eigenvalue weighted by atomic mass is 16.4. The summed E-state index contributed by atoms with van der Waals surface area (Å²) in [4.78, 5) is 16.7. The van der Waals surface area contributed by atoms with Gasteiger partial charge in [0.2, 0.25) is 0 Å². The minimum Gasteiger partial charge on any atom is -0.507 e. The lowest BCUT2D eigenvalue weighted by Gasteiger charge is -2.24. The van der Waals surface area contributed by atoms with Gasteiger partial charge in [-0.15, -0.1) is 0 Å². The first-order chi connectivity index (χ1) is 10.0. The van der Waals surface area contributed by atoms with Crippen LogP contribution in [-0.4, -0.2) is 39.3 Å². The van der Waals surface area contributed by atoms with Gasteiger partial charge in [0.25, 0.3) is 0 Å². The van der Waals surface area contributed by atoms with E-state index in [0.717, 1.165) is 27.7 Å². The number of aromatic nitrogens is 1. The van der Waals surface area contributed by atoms with E-state index in [4.69, 9.17) is 5.11 Å². The lowest BCUT2D eigenvalue weighted by molar-refractivity contribution is 0.150. The lowest BCUT2D eigenvalue weighted by Crippen LogP contribution is -2.33. The molecule has 0 bridgehead atoms. The summed E-state index contributed by atoms with van der Waals surface area (Å²) < 4.78 is 0. The predicted octanol–water partition coefficient (Wildman–Crippen LogP) is 3.02. The fourth-order valence-corrected chi connectivity index (χ4v) is 2.64. The van der Waals surface area contributed by atoms with Crippen LogP contribution in [0.4, 0.5) is 4.79 Å². The number of rotatable bonds is 1. The molecule has 0 saturated heterocycles. The molecule has 5 heteroatoms. The Hall–Kier alpha value is -2.56. The van der Waals surface area contributed by atoms with Gasteiger partial charge >= 0.3 is 6.09 Å². The van der Waals surface area contributed by atoms with Crippen molar-refractivity contribution in [2.24, 2.45) is 0 Å². The number of fused-ring (bicyclic) bond motifs is 1. The van der Waals surface area contributed by atoms with Crippen LogP contribution in [0.2, 0.25) is 0 Å². The van der Waals surface area contributed by atoms with Gasteiger partial charge in [0.15, 0.2) is 0 Å². The van der Waals surface area contributed by atoms with Crippen LogP contribution < -0.4 is 0 Å². The molecule has 1 aliphatic rings. The van der Waals surface area contributed by atoms with Crippen LogP contribution in [0.25, 0.3) is 16.5 Å². The maximum absolute atomic E-state index is 10.9. The van der Waals surface area contributed by atoms with E-state index in [-0.39, 0.29) is 5.75 Å². The van der Waals surface area contributed by atoms with Gasteiger partial charge < -0.3 is 15.1 Å². The van der Waals surface area contributed by atoms with Gasteiger partial charge in [0.1, 0.15) is 5.75 Å². The van der Waals surface area contributed by atoms with Crippen molar-refractivity contribution in [3.8, 4) is 5.75 Å². The van der Waals surface area contributed by atoms with E-state index < -0.39 is 6.09 Å². The number of carbonyl (C=O) groups is 1. The van der Waals surface area contributed by atoms with E-state index in [1.807, 2.05) is 31.2 Å². The molecule has 3 rings (SSSR count). The number of aryl methyl sites for hydroxylation is 1. The van der Waals surface area contributed by atoms with E-state index in [1.54, 1.807) is 6.07 Å². The third-order valence-corrected chi connectivity index (χ3v) is 3.77. The second-order valence-electron chi connectivity index (χ2n) is 5.22. The molecule has 2 aromatic rings. The Morgan fingerprint density at radius 1 is 1.33 bits per heavy atom. The maximum Gasteiger partial charge on any atom is 0.407 e. The van der Waals surface area contributed by atoms with E-state index in [2.05, 4.69) is 4.98 Å². The molecule has 0 spiro atoms. The fourth-order valence-electron chi connectivity index (χ4n) is 2.64. The zero-order valence-electron chi connectivity index (χ0n) is 11.7. The summed E-state index contributed by atoms with van der Waals surface area (Å²) in [5, 5.41) is 19.7. The molecule has 0 saturated carbocycles. The number of aromatic hydroxyl groups is 1. The minimum atomic E-state index is -0.888. The van der Waals surface area contributed by atoms with Crippen LogP contribution in [0.5, 0.6) is 5.75 Å². The average molecular weight is 284 g/mol. The van der Waals surface area contributed by atoms with Gasteiger partial charge in [-0.25, -0.2) is 4.79 Å². The molecule has 5 nitrogen and oxygen atoms in total. The highest BCUT2D eigenvalue weighted by Gasteiger charge is 2.17. The Morgan fingerprint density at radius 2 is 2.14 bits per heavy atom. The lowest BCUT2D eigenvalue weighted by atomic mass is 9.98. The molecular weight excluding hydrogens is 268 g/mol. The first kappa shape index (κ1) is 13.4. The first-order valence-electron chi connectivity index (χ1n) is 6.82. The molecule has 1 aromatic heterocycles. The number of amides is 1.